The number of aryl methyl sites for hydroxylation is 2. The van der Waals surface area contributed by atoms with Crippen molar-refractivity contribution >= 4 is 11.6 Å². The van der Waals surface area contributed by atoms with Gasteiger partial charge in [0.05, 0.1) is 25.6 Å². The number of carbonyl (C=O) groups is 1. The Morgan fingerprint density at radius 1 is 1.33 bits per heavy atom. The van der Waals surface area contributed by atoms with Crippen molar-refractivity contribution in [3.63, 3.8) is 0 Å². The van der Waals surface area contributed by atoms with E-state index in [1.54, 1.807) is 32.2 Å². The number of hydrogen-bond acceptors (Lipinski definition) is 5. The van der Waals surface area contributed by atoms with Gasteiger partial charge in [-0.3, -0.25) is 4.79 Å². The molecule has 0 saturated carbocycles. The van der Waals surface area contributed by atoms with Crippen LogP contribution in [0.15, 0.2) is 22.7 Å². The van der Waals surface area contributed by atoms with E-state index in [-0.39, 0.29) is 5.91 Å². The molecule has 0 aliphatic rings. The molecule has 1 N–H and O–H groups in total. The molecular formula is C15H18N2O4. The smallest absolute Gasteiger partial charge is 0.261 e. The summed E-state index contributed by atoms with van der Waals surface area (Å²) in [5.74, 6) is 1.40. The molecule has 112 valence electrons. The number of amides is 1. The monoisotopic (exact) mass is 290 g/mol. The van der Waals surface area contributed by atoms with Crippen molar-refractivity contribution in [1.82, 2.24) is 5.16 Å². The van der Waals surface area contributed by atoms with Crippen molar-refractivity contribution in [2.45, 2.75) is 20.3 Å². The Kier molecular flexibility index (Phi) is 4.47. The molecule has 6 nitrogen and oxygen atoms in total. The summed E-state index contributed by atoms with van der Waals surface area (Å²) in [6.07, 6.45) is 0.625. The molecule has 1 heterocycles. The van der Waals surface area contributed by atoms with Gasteiger partial charge in [0.1, 0.15) is 22.8 Å². The van der Waals surface area contributed by atoms with E-state index >= 15 is 0 Å². The number of ether oxygens (including phenoxy) is 2. The summed E-state index contributed by atoms with van der Waals surface area (Å²) in [5, 5.41) is 6.69. The van der Waals surface area contributed by atoms with Gasteiger partial charge in [0, 0.05) is 6.07 Å². The molecule has 0 spiro atoms. The van der Waals surface area contributed by atoms with Gasteiger partial charge >= 0.3 is 0 Å². The molecule has 1 aromatic heterocycles. The van der Waals surface area contributed by atoms with E-state index in [1.807, 2.05) is 6.92 Å². The zero-order valence-electron chi connectivity index (χ0n) is 12.5. The third-order valence-corrected chi connectivity index (χ3v) is 3.15. The molecule has 0 radical (unpaired) electrons. The first-order chi connectivity index (χ1) is 10.1. The Balaban J connectivity index is 2.29. The topological polar surface area (TPSA) is 73.6 Å². The Morgan fingerprint density at radius 2 is 2.10 bits per heavy atom. The van der Waals surface area contributed by atoms with E-state index in [9.17, 15) is 4.79 Å². The standard InChI is InChI=1S/C15H18N2O4/c1-5-11-14(9(2)21-17-11)15(18)16-12-7-6-10(19-3)8-13(12)20-4/h6-8H,5H2,1-4H3,(H,16,18). The first-order valence-corrected chi connectivity index (χ1v) is 6.59. The fraction of sp³-hybridized carbons (Fsp3) is 0.333. The summed E-state index contributed by atoms with van der Waals surface area (Å²) in [4.78, 5) is 12.4. The second-order valence-corrected chi connectivity index (χ2v) is 4.43. The summed E-state index contributed by atoms with van der Waals surface area (Å²) >= 11 is 0. The normalized spacial score (nSPS) is 10.3. The summed E-state index contributed by atoms with van der Waals surface area (Å²) in [6.45, 7) is 3.63. The third-order valence-electron chi connectivity index (χ3n) is 3.15. The van der Waals surface area contributed by atoms with Crippen molar-refractivity contribution in [3.8, 4) is 11.5 Å². The molecule has 0 aliphatic heterocycles. The lowest BCUT2D eigenvalue weighted by molar-refractivity contribution is 0.102. The van der Waals surface area contributed by atoms with Crippen LogP contribution in [0, 0.1) is 6.92 Å². The van der Waals surface area contributed by atoms with Gasteiger partial charge in [-0.25, -0.2) is 0 Å². The lowest BCUT2D eigenvalue weighted by Crippen LogP contribution is -2.15. The number of aromatic nitrogens is 1. The fourth-order valence-corrected chi connectivity index (χ4v) is 2.04. The predicted octanol–water partition coefficient (Wildman–Crippen LogP) is 2.81. The van der Waals surface area contributed by atoms with E-state index in [4.69, 9.17) is 14.0 Å². The van der Waals surface area contributed by atoms with Gasteiger partial charge in [-0.2, -0.15) is 0 Å². The first kappa shape index (κ1) is 14.9. The van der Waals surface area contributed by atoms with Gasteiger partial charge in [-0.15, -0.1) is 0 Å². The number of nitrogens with zero attached hydrogens (tertiary/aromatic N) is 1. The predicted molar refractivity (Wildman–Crippen MR) is 78.1 cm³/mol. The van der Waals surface area contributed by atoms with Crippen LogP contribution in [0.2, 0.25) is 0 Å². The van der Waals surface area contributed by atoms with Crippen molar-refractivity contribution < 1.29 is 18.8 Å². The minimum atomic E-state index is -0.269. The Hall–Kier alpha value is -2.50. The van der Waals surface area contributed by atoms with Crippen LogP contribution in [0.5, 0.6) is 11.5 Å². The van der Waals surface area contributed by atoms with Crippen LogP contribution in [0.4, 0.5) is 5.69 Å². The highest BCUT2D eigenvalue weighted by molar-refractivity contribution is 6.06. The number of hydrogen-bond donors (Lipinski definition) is 1. The number of methoxy groups -OCH3 is 2. The van der Waals surface area contributed by atoms with Gasteiger partial charge in [0.15, 0.2) is 0 Å². The minimum Gasteiger partial charge on any atom is -0.497 e. The van der Waals surface area contributed by atoms with Crippen LogP contribution in [0.25, 0.3) is 0 Å². The molecular weight excluding hydrogens is 272 g/mol. The van der Waals surface area contributed by atoms with Crippen LogP contribution in [0.1, 0.15) is 28.7 Å². The SMILES string of the molecule is CCc1noc(C)c1C(=O)Nc1ccc(OC)cc1OC. The minimum absolute atomic E-state index is 0.269. The largest absolute Gasteiger partial charge is 0.497 e. The maximum Gasteiger partial charge on any atom is 0.261 e. The highest BCUT2D eigenvalue weighted by Gasteiger charge is 2.20. The fourth-order valence-electron chi connectivity index (χ4n) is 2.04. The quantitative estimate of drug-likeness (QED) is 0.916. The highest BCUT2D eigenvalue weighted by Crippen LogP contribution is 2.29. The lowest BCUT2D eigenvalue weighted by Gasteiger charge is -2.11. The van der Waals surface area contributed by atoms with Crippen LogP contribution in [0.3, 0.4) is 0 Å². The average Bonchev–Trinajstić information content (AvgIpc) is 2.88. The van der Waals surface area contributed by atoms with Crippen molar-refractivity contribution in [2.24, 2.45) is 0 Å². The summed E-state index contributed by atoms with van der Waals surface area (Å²) in [5.41, 5.74) is 1.67. The molecule has 2 rings (SSSR count). The molecule has 0 bridgehead atoms. The second kappa shape index (κ2) is 6.30. The van der Waals surface area contributed by atoms with Gasteiger partial charge in [-0.05, 0) is 25.5 Å². The molecule has 0 fully saturated rings. The van der Waals surface area contributed by atoms with Gasteiger partial charge < -0.3 is 19.3 Å². The van der Waals surface area contributed by atoms with Crippen molar-refractivity contribution in [2.75, 3.05) is 19.5 Å². The summed E-state index contributed by atoms with van der Waals surface area (Å²) in [7, 11) is 3.10. The van der Waals surface area contributed by atoms with Crippen LogP contribution in [-0.4, -0.2) is 25.3 Å². The average molecular weight is 290 g/mol. The van der Waals surface area contributed by atoms with Crippen molar-refractivity contribution in [3.05, 3.63) is 35.2 Å². The van der Waals surface area contributed by atoms with Crippen molar-refractivity contribution in [1.29, 1.82) is 0 Å². The van der Waals surface area contributed by atoms with Crippen LogP contribution >= 0.6 is 0 Å². The third kappa shape index (κ3) is 2.99. The van der Waals surface area contributed by atoms with Crippen LogP contribution < -0.4 is 14.8 Å². The van der Waals surface area contributed by atoms with Crippen LogP contribution in [-0.2, 0) is 6.42 Å². The molecule has 0 atom stereocenters. The zero-order valence-corrected chi connectivity index (χ0v) is 12.5. The molecule has 21 heavy (non-hydrogen) atoms. The molecule has 6 heteroatoms. The molecule has 0 aliphatic carbocycles. The van der Waals surface area contributed by atoms with E-state index in [0.717, 1.165) is 0 Å². The molecule has 2 aromatic rings. The van der Waals surface area contributed by atoms with E-state index in [1.165, 1.54) is 7.11 Å². The summed E-state index contributed by atoms with van der Waals surface area (Å²) in [6, 6.07) is 5.18. The molecule has 0 unspecified atom stereocenters. The second-order valence-electron chi connectivity index (χ2n) is 4.43. The number of nitrogens with one attached hydrogen (secondary N) is 1. The van der Waals surface area contributed by atoms with E-state index in [0.29, 0.717) is 40.6 Å². The lowest BCUT2D eigenvalue weighted by atomic mass is 10.1. The highest BCUT2D eigenvalue weighted by atomic mass is 16.5. The Bertz CT molecular complexity index is 649. The van der Waals surface area contributed by atoms with Gasteiger partial charge in [0.25, 0.3) is 5.91 Å². The summed E-state index contributed by atoms with van der Waals surface area (Å²) < 4.78 is 15.5. The Morgan fingerprint density at radius 3 is 2.71 bits per heavy atom. The van der Waals surface area contributed by atoms with Gasteiger partial charge in [0.2, 0.25) is 0 Å². The van der Waals surface area contributed by atoms with Gasteiger partial charge in [-0.1, -0.05) is 12.1 Å². The maximum absolute atomic E-state index is 12.4. The first-order valence-electron chi connectivity index (χ1n) is 6.59. The number of carbonyl (C=O) groups excluding carboxylic acids is 1. The van der Waals surface area contributed by atoms with E-state index in [2.05, 4.69) is 10.5 Å². The van der Waals surface area contributed by atoms with E-state index < -0.39 is 0 Å². The molecule has 1 amide bonds. The Labute approximate surface area is 123 Å². The number of rotatable bonds is 5. The molecule has 0 saturated heterocycles. The zero-order chi connectivity index (χ0) is 15.4. The molecule has 1 aromatic carbocycles. The number of benzene rings is 1. The number of anilines is 1. The maximum atomic E-state index is 12.4.